The molecule has 0 bridgehead atoms. The van der Waals surface area contributed by atoms with E-state index in [2.05, 4.69) is 16.0 Å². The molecule has 1 heterocycles. The second-order valence-corrected chi connectivity index (χ2v) is 7.27. The van der Waals surface area contributed by atoms with E-state index in [1.54, 1.807) is 26.0 Å². The van der Waals surface area contributed by atoms with Gasteiger partial charge >= 0.3 is 5.97 Å². The highest BCUT2D eigenvalue weighted by Crippen LogP contribution is 2.36. The molecular weight excluding hydrogens is 410 g/mol. The van der Waals surface area contributed by atoms with Crippen molar-refractivity contribution in [1.82, 2.24) is 9.97 Å². The van der Waals surface area contributed by atoms with E-state index in [0.29, 0.717) is 33.3 Å². The van der Waals surface area contributed by atoms with E-state index >= 15 is 0 Å². The molecule has 2 aromatic carbocycles. The van der Waals surface area contributed by atoms with Gasteiger partial charge in [-0.1, -0.05) is 30.3 Å². The first-order valence-corrected chi connectivity index (χ1v) is 10.7. The maximum absolute atomic E-state index is 12.4. The van der Waals surface area contributed by atoms with Gasteiger partial charge in [-0.25, -0.2) is 9.78 Å². The van der Waals surface area contributed by atoms with Crippen LogP contribution in [0.25, 0.3) is 16.7 Å². The molecule has 31 heavy (non-hydrogen) atoms. The van der Waals surface area contributed by atoms with Gasteiger partial charge in [0, 0.05) is 0 Å². The molecule has 3 rings (SSSR count). The lowest BCUT2D eigenvalue weighted by Crippen LogP contribution is -2.09. The number of carbonyl (C=O) groups excluding carboxylic acids is 1. The van der Waals surface area contributed by atoms with Gasteiger partial charge < -0.3 is 9.47 Å². The Kier molecular flexibility index (Phi) is 7.06. The molecule has 0 saturated heterocycles. The zero-order chi connectivity index (χ0) is 22.4. The molecule has 0 N–H and O–H groups in total. The minimum Gasteiger partial charge on any atom is -0.465 e. The normalized spacial score (nSPS) is 11.0. The number of rotatable bonds is 6. The summed E-state index contributed by atoms with van der Waals surface area (Å²) in [6, 6.07) is 17.0. The summed E-state index contributed by atoms with van der Waals surface area (Å²) in [5.74, 6) is 0.864. The number of hydrogen-bond donors (Lipinski definition) is 0. The lowest BCUT2D eigenvalue weighted by molar-refractivity contribution is -0.133. The molecule has 6 nitrogen and oxygen atoms in total. The number of carbonyl (C=O) groups is 1. The van der Waals surface area contributed by atoms with Crippen molar-refractivity contribution in [1.29, 1.82) is 5.26 Å². The first-order valence-electron chi connectivity index (χ1n) is 9.46. The maximum Gasteiger partial charge on any atom is 0.338 e. The van der Waals surface area contributed by atoms with Gasteiger partial charge in [-0.05, 0) is 55.5 Å². The highest BCUT2D eigenvalue weighted by Gasteiger charge is 2.24. The van der Waals surface area contributed by atoms with Gasteiger partial charge in [-0.2, -0.15) is 10.2 Å². The average Bonchev–Trinajstić information content (AvgIpc) is 2.80. The molecule has 0 fully saturated rings. The number of nitriles is 1. The van der Waals surface area contributed by atoms with Crippen LogP contribution in [0.2, 0.25) is 0 Å². The van der Waals surface area contributed by atoms with E-state index in [-0.39, 0.29) is 5.88 Å². The molecule has 0 atom stereocenters. The molecule has 0 radical (unpaired) electrons. The van der Waals surface area contributed by atoms with E-state index in [1.165, 1.54) is 18.9 Å². The number of benzene rings is 2. The topological polar surface area (TPSA) is 85.1 Å². The summed E-state index contributed by atoms with van der Waals surface area (Å²) in [6.07, 6.45) is 3.54. The zero-order valence-electron chi connectivity index (χ0n) is 17.7. The number of aromatic nitrogens is 2. The Morgan fingerprint density at radius 3 is 2.48 bits per heavy atom. The number of thioether (sulfide) groups is 1. The fourth-order valence-corrected chi connectivity index (χ4v) is 3.69. The van der Waals surface area contributed by atoms with Crippen LogP contribution in [-0.2, 0) is 9.53 Å². The number of nitrogens with zero attached hydrogens (tertiary/aromatic N) is 3. The number of esters is 1. The predicted molar refractivity (Wildman–Crippen MR) is 121 cm³/mol. The Bertz CT molecular complexity index is 1200. The van der Waals surface area contributed by atoms with Crippen molar-refractivity contribution >= 4 is 23.3 Å². The summed E-state index contributed by atoms with van der Waals surface area (Å²) in [5.41, 5.74) is 3.20. The van der Waals surface area contributed by atoms with Crippen LogP contribution >= 0.6 is 11.8 Å². The minimum absolute atomic E-state index is 0.276. The van der Waals surface area contributed by atoms with Gasteiger partial charge in [0.05, 0.1) is 29.9 Å². The van der Waals surface area contributed by atoms with Crippen LogP contribution in [-0.4, -0.2) is 29.3 Å². The molecule has 1 aromatic heterocycles. The average molecular weight is 432 g/mol. The summed E-state index contributed by atoms with van der Waals surface area (Å²) in [5, 5.41) is 9.79. The molecule has 7 heteroatoms. The molecule has 0 amide bonds. The van der Waals surface area contributed by atoms with Gasteiger partial charge in [0.2, 0.25) is 5.88 Å². The Balaban J connectivity index is 2.08. The number of aryl methyl sites for hydroxylation is 1. The minimum atomic E-state index is -0.489. The van der Waals surface area contributed by atoms with E-state index in [1.807, 2.05) is 48.7 Å². The summed E-state index contributed by atoms with van der Waals surface area (Å²) < 4.78 is 11.1. The second kappa shape index (κ2) is 9.92. The molecule has 156 valence electrons. The third kappa shape index (κ3) is 4.93. The number of allylic oxidation sites excluding steroid dienone is 1. The van der Waals surface area contributed by atoms with Crippen molar-refractivity contribution in [2.75, 3.05) is 13.4 Å². The molecular formula is C24H21N3O3S. The van der Waals surface area contributed by atoms with Crippen molar-refractivity contribution in [2.45, 2.75) is 18.9 Å². The molecule has 3 aromatic rings. The molecule has 0 saturated carbocycles. The smallest absolute Gasteiger partial charge is 0.338 e. The Morgan fingerprint density at radius 2 is 1.84 bits per heavy atom. The lowest BCUT2D eigenvalue weighted by atomic mass is 10.0. The van der Waals surface area contributed by atoms with Crippen molar-refractivity contribution in [2.24, 2.45) is 0 Å². The third-order valence-electron chi connectivity index (χ3n) is 4.48. The summed E-state index contributed by atoms with van der Waals surface area (Å²) in [6.45, 7) is 3.52. The van der Waals surface area contributed by atoms with Gasteiger partial charge in [-0.15, -0.1) is 11.8 Å². The summed E-state index contributed by atoms with van der Waals surface area (Å²) >= 11 is 1.40. The molecule has 0 aliphatic carbocycles. The van der Waals surface area contributed by atoms with Crippen molar-refractivity contribution < 1.29 is 14.3 Å². The number of ether oxygens (including phenoxy) is 2. The van der Waals surface area contributed by atoms with Crippen LogP contribution in [0, 0.1) is 18.3 Å². The first-order chi connectivity index (χ1) is 15.0. The SMILES string of the molecule is CC=C(C(=O)OC)c1c(Oc2cccc(-c3cccc(C#N)c3)c2)nc(C)nc1SC. The van der Waals surface area contributed by atoms with E-state index < -0.39 is 5.97 Å². The van der Waals surface area contributed by atoms with Gasteiger partial charge in [-0.3, -0.25) is 0 Å². The van der Waals surface area contributed by atoms with Crippen molar-refractivity contribution in [3.05, 3.63) is 71.6 Å². The second-order valence-electron chi connectivity index (χ2n) is 6.48. The highest BCUT2D eigenvalue weighted by molar-refractivity contribution is 7.98. The fourth-order valence-electron chi connectivity index (χ4n) is 3.07. The summed E-state index contributed by atoms with van der Waals surface area (Å²) in [4.78, 5) is 21.3. The first kappa shape index (κ1) is 22.1. The fraction of sp³-hybridized carbons (Fsp3) is 0.167. The van der Waals surface area contributed by atoms with Crippen LogP contribution in [0.15, 0.2) is 59.6 Å². The van der Waals surface area contributed by atoms with E-state index in [0.717, 1.165) is 11.1 Å². The van der Waals surface area contributed by atoms with Gasteiger partial charge in [0.15, 0.2) is 0 Å². The standard InChI is InChI=1S/C24H21N3O3S/c1-5-20(24(28)29-3)21-22(26-15(2)27-23(21)31-4)30-19-11-7-10-18(13-19)17-9-6-8-16(12-17)14-25/h5-13H,1-4H3. The molecule has 0 spiro atoms. The van der Waals surface area contributed by atoms with Gasteiger partial charge in [0.1, 0.15) is 16.6 Å². The van der Waals surface area contributed by atoms with Crippen LogP contribution in [0.4, 0.5) is 0 Å². The van der Waals surface area contributed by atoms with Crippen molar-refractivity contribution in [3.63, 3.8) is 0 Å². The maximum atomic E-state index is 12.4. The number of hydrogen-bond acceptors (Lipinski definition) is 7. The predicted octanol–water partition coefficient (Wildman–Crippen LogP) is 5.41. The van der Waals surface area contributed by atoms with E-state index in [4.69, 9.17) is 9.47 Å². The highest BCUT2D eigenvalue weighted by atomic mass is 32.2. The van der Waals surface area contributed by atoms with Crippen molar-refractivity contribution in [3.8, 4) is 28.8 Å². The Morgan fingerprint density at radius 1 is 1.13 bits per heavy atom. The number of methoxy groups -OCH3 is 1. The molecule has 0 aliphatic rings. The molecule has 0 aliphatic heterocycles. The largest absolute Gasteiger partial charge is 0.465 e. The Labute approximate surface area is 185 Å². The van der Waals surface area contributed by atoms with Gasteiger partial charge in [0.25, 0.3) is 0 Å². The zero-order valence-corrected chi connectivity index (χ0v) is 18.5. The lowest BCUT2D eigenvalue weighted by Gasteiger charge is -2.15. The monoisotopic (exact) mass is 431 g/mol. The van der Waals surface area contributed by atoms with Crippen LogP contribution in [0.5, 0.6) is 11.6 Å². The quantitative estimate of drug-likeness (QED) is 0.223. The molecule has 0 unspecified atom stereocenters. The van der Waals surface area contributed by atoms with Crippen LogP contribution < -0.4 is 4.74 Å². The summed E-state index contributed by atoms with van der Waals surface area (Å²) in [7, 11) is 1.33. The van der Waals surface area contributed by atoms with E-state index in [9.17, 15) is 10.1 Å². The van der Waals surface area contributed by atoms with Crippen LogP contribution in [0.1, 0.15) is 23.9 Å². The Hall–Kier alpha value is -3.63. The third-order valence-corrected chi connectivity index (χ3v) is 5.17. The van der Waals surface area contributed by atoms with Crippen LogP contribution in [0.3, 0.4) is 0 Å².